The third-order valence-electron chi connectivity index (χ3n) is 3.27. The standard InChI is InChI=1S/C17H15ClFNO5/c1-9(16(22)20-14-6-3-10(19)7-13(14)18)25-17(23)12-5-4-11(24-2)8-15(12)21/h3-9,21H,1-2H3,(H,20,22). The monoisotopic (exact) mass is 367 g/mol. The number of rotatable bonds is 5. The molecular formula is C17H15ClFNO5. The predicted octanol–water partition coefficient (Wildman–Crippen LogP) is 3.38. The van der Waals surface area contributed by atoms with Gasteiger partial charge in [0.15, 0.2) is 6.10 Å². The smallest absolute Gasteiger partial charge is 0.342 e. The fourth-order valence-electron chi connectivity index (χ4n) is 1.91. The van der Waals surface area contributed by atoms with Crippen LogP contribution in [0.3, 0.4) is 0 Å². The second kappa shape index (κ2) is 7.85. The minimum atomic E-state index is -1.17. The largest absolute Gasteiger partial charge is 0.507 e. The summed E-state index contributed by atoms with van der Waals surface area (Å²) in [6.45, 7) is 1.35. The maximum atomic E-state index is 13.0. The second-order valence-corrected chi connectivity index (χ2v) is 5.45. The van der Waals surface area contributed by atoms with Crippen LogP contribution in [0.4, 0.5) is 10.1 Å². The molecule has 2 aromatic carbocycles. The number of amides is 1. The highest BCUT2D eigenvalue weighted by Gasteiger charge is 2.22. The molecule has 0 saturated heterocycles. The normalized spacial score (nSPS) is 11.5. The van der Waals surface area contributed by atoms with E-state index in [4.69, 9.17) is 21.1 Å². The molecule has 0 heterocycles. The second-order valence-electron chi connectivity index (χ2n) is 5.04. The minimum Gasteiger partial charge on any atom is -0.507 e. The van der Waals surface area contributed by atoms with Crippen LogP contribution in [0.15, 0.2) is 36.4 Å². The number of nitrogens with one attached hydrogen (secondary N) is 1. The fraction of sp³-hybridized carbons (Fsp3) is 0.176. The third-order valence-corrected chi connectivity index (χ3v) is 3.58. The van der Waals surface area contributed by atoms with Crippen LogP contribution in [-0.4, -0.2) is 30.2 Å². The average molecular weight is 368 g/mol. The van der Waals surface area contributed by atoms with Gasteiger partial charge >= 0.3 is 5.97 Å². The Morgan fingerprint density at radius 3 is 2.56 bits per heavy atom. The van der Waals surface area contributed by atoms with Crippen molar-refractivity contribution in [2.24, 2.45) is 0 Å². The average Bonchev–Trinajstić information content (AvgIpc) is 2.56. The highest BCUT2D eigenvalue weighted by atomic mass is 35.5. The van der Waals surface area contributed by atoms with Gasteiger partial charge in [0.25, 0.3) is 5.91 Å². The van der Waals surface area contributed by atoms with Gasteiger partial charge < -0.3 is 19.9 Å². The Labute approximate surface area is 148 Å². The zero-order valence-electron chi connectivity index (χ0n) is 13.4. The van der Waals surface area contributed by atoms with E-state index >= 15 is 0 Å². The van der Waals surface area contributed by atoms with Crippen LogP contribution in [0, 0.1) is 5.82 Å². The van der Waals surface area contributed by atoms with E-state index in [1.54, 1.807) is 0 Å². The Balaban J connectivity index is 2.04. The zero-order valence-corrected chi connectivity index (χ0v) is 14.1. The van der Waals surface area contributed by atoms with Crippen molar-refractivity contribution < 1.29 is 28.6 Å². The van der Waals surface area contributed by atoms with Gasteiger partial charge in [0, 0.05) is 6.07 Å². The maximum absolute atomic E-state index is 13.0. The molecule has 25 heavy (non-hydrogen) atoms. The van der Waals surface area contributed by atoms with Crippen molar-refractivity contribution in [1.29, 1.82) is 0 Å². The number of esters is 1. The molecule has 0 bridgehead atoms. The van der Waals surface area contributed by atoms with Crippen molar-refractivity contribution >= 4 is 29.2 Å². The lowest BCUT2D eigenvalue weighted by Crippen LogP contribution is -2.30. The first-order chi connectivity index (χ1) is 11.8. The Morgan fingerprint density at radius 1 is 1.24 bits per heavy atom. The predicted molar refractivity (Wildman–Crippen MR) is 89.6 cm³/mol. The van der Waals surface area contributed by atoms with Crippen LogP contribution in [0.25, 0.3) is 0 Å². The lowest BCUT2D eigenvalue weighted by molar-refractivity contribution is -0.123. The number of halogens is 2. The lowest BCUT2D eigenvalue weighted by atomic mass is 10.2. The molecule has 0 saturated carbocycles. The van der Waals surface area contributed by atoms with E-state index in [9.17, 15) is 19.1 Å². The van der Waals surface area contributed by atoms with Crippen molar-refractivity contribution in [2.75, 3.05) is 12.4 Å². The zero-order chi connectivity index (χ0) is 18.6. The summed E-state index contributed by atoms with van der Waals surface area (Å²) in [4.78, 5) is 24.1. The summed E-state index contributed by atoms with van der Waals surface area (Å²) in [6.07, 6.45) is -1.17. The van der Waals surface area contributed by atoms with Gasteiger partial charge in [-0.1, -0.05) is 11.6 Å². The topological polar surface area (TPSA) is 84.9 Å². The highest BCUT2D eigenvalue weighted by Crippen LogP contribution is 2.25. The number of methoxy groups -OCH3 is 1. The van der Waals surface area contributed by atoms with E-state index < -0.39 is 23.8 Å². The number of hydrogen-bond acceptors (Lipinski definition) is 5. The maximum Gasteiger partial charge on any atom is 0.342 e. The molecule has 2 aromatic rings. The number of benzene rings is 2. The van der Waals surface area contributed by atoms with Gasteiger partial charge in [0.2, 0.25) is 0 Å². The molecule has 0 aromatic heterocycles. The third kappa shape index (κ3) is 4.60. The van der Waals surface area contributed by atoms with Gasteiger partial charge in [-0.15, -0.1) is 0 Å². The van der Waals surface area contributed by atoms with Crippen molar-refractivity contribution in [3.05, 3.63) is 52.8 Å². The summed E-state index contributed by atoms with van der Waals surface area (Å²) in [5.74, 6) is -2.05. The summed E-state index contributed by atoms with van der Waals surface area (Å²) >= 11 is 5.82. The molecule has 2 N–H and O–H groups in total. The molecule has 0 spiro atoms. The number of phenolic OH excluding ortho intramolecular Hbond substituents is 1. The summed E-state index contributed by atoms with van der Waals surface area (Å²) in [6, 6.07) is 7.51. The van der Waals surface area contributed by atoms with Crippen LogP contribution >= 0.6 is 11.6 Å². The molecule has 8 heteroatoms. The van der Waals surface area contributed by atoms with Gasteiger partial charge in [0.1, 0.15) is 22.9 Å². The molecule has 0 aliphatic heterocycles. The van der Waals surface area contributed by atoms with E-state index in [1.165, 1.54) is 38.3 Å². The number of carbonyl (C=O) groups excluding carboxylic acids is 2. The van der Waals surface area contributed by atoms with Gasteiger partial charge in [0.05, 0.1) is 17.8 Å². The van der Waals surface area contributed by atoms with Crippen LogP contribution in [0.1, 0.15) is 17.3 Å². The number of aromatic hydroxyl groups is 1. The van der Waals surface area contributed by atoms with Gasteiger partial charge in [-0.2, -0.15) is 0 Å². The van der Waals surface area contributed by atoms with E-state index in [0.717, 1.165) is 12.1 Å². The molecule has 6 nitrogen and oxygen atoms in total. The summed E-state index contributed by atoms with van der Waals surface area (Å²) < 4.78 is 22.9. The fourth-order valence-corrected chi connectivity index (χ4v) is 2.13. The quantitative estimate of drug-likeness (QED) is 0.791. The Hall–Kier alpha value is -2.80. The summed E-state index contributed by atoms with van der Waals surface area (Å²) in [5, 5.41) is 12.3. The van der Waals surface area contributed by atoms with E-state index in [2.05, 4.69) is 5.32 Å². The van der Waals surface area contributed by atoms with Gasteiger partial charge in [-0.05, 0) is 37.3 Å². The first-order valence-electron chi connectivity index (χ1n) is 7.15. The first kappa shape index (κ1) is 18.5. The van der Waals surface area contributed by atoms with Crippen LogP contribution in [0.5, 0.6) is 11.5 Å². The summed E-state index contributed by atoms with van der Waals surface area (Å²) in [7, 11) is 1.42. The van der Waals surface area contributed by atoms with E-state index in [1.807, 2.05) is 0 Å². The number of carbonyl (C=O) groups is 2. The summed E-state index contributed by atoms with van der Waals surface area (Å²) in [5.41, 5.74) is 0.0727. The molecule has 1 atom stereocenters. The molecule has 0 radical (unpaired) electrons. The van der Waals surface area contributed by atoms with Crippen molar-refractivity contribution in [3.8, 4) is 11.5 Å². The number of hydrogen-bond donors (Lipinski definition) is 2. The van der Waals surface area contributed by atoms with E-state index in [0.29, 0.717) is 5.75 Å². The van der Waals surface area contributed by atoms with Crippen molar-refractivity contribution in [1.82, 2.24) is 0 Å². The molecule has 0 aliphatic rings. The Kier molecular flexibility index (Phi) is 5.82. The molecule has 2 rings (SSSR count). The van der Waals surface area contributed by atoms with Crippen LogP contribution < -0.4 is 10.1 Å². The highest BCUT2D eigenvalue weighted by molar-refractivity contribution is 6.33. The van der Waals surface area contributed by atoms with Crippen molar-refractivity contribution in [2.45, 2.75) is 13.0 Å². The van der Waals surface area contributed by atoms with Crippen LogP contribution in [-0.2, 0) is 9.53 Å². The molecule has 0 aliphatic carbocycles. The number of phenols is 1. The number of ether oxygens (including phenoxy) is 2. The van der Waals surface area contributed by atoms with Gasteiger partial charge in [-0.3, -0.25) is 4.79 Å². The molecule has 132 valence electrons. The first-order valence-corrected chi connectivity index (χ1v) is 7.53. The Morgan fingerprint density at radius 2 is 1.96 bits per heavy atom. The van der Waals surface area contributed by atoms with E-state index in [-0.39, 0.29) is 22.0 Å². The molecular weight excluding hydrogens is 353 g/mol. The SMILES string of the molecule is COc1ccc(C(=O)OC(C)C(=O)Nc2ccc(F)cc2Cl)c(O)c1. The Bertz CT molecular complexity index is 812. The van der Waals surface area contributed by atoms with Crippen molar-refractivity contribution in [3.63, 3.8) is 0 Å². The van der Waals surface area contributed by atoms with Gasteiger partial charge in [-0.25, -0.2) is 9.18 Å². The molecule has 1 amide bonds. The number of anilines is 1. The van der Waals surface area contributed by atoms with Crippen LogP contribution in [0.2, 0.25) is 5.02 Å². The molecule has 1 unspecified atom stereocenters. The minimum absolute atomic E-state index is 0.0136. The lowest BCUT2D eigenvalue weighted by Gasteiger charge is -2.15. The molecule has 0 fully saturated rings.